The van der Waals surface area contributed by atoms with E-state index in [1.54, 1.807) is 47.0 Å². The highest BCUT2D eigenvalue weighted by Gasteiger charge is 2.57. The fourth-order valence-corrected chi connectivity index (χ4v) is 5.58. The van der Waals surface area contributed by atoms with Crippen LogP contribution in [0.3, 0.4) is 0 Å². The molecule has 2 aliphatic rings. The first kappa shape index (κ1) is 18.8. The van der Waals surface area contributed by atoms with Gasteiger partial charge in [-0.1, -0.05) is 24.3 Å². The van der Waals surface area contributed by atoms with E-state index in [2.05, 4.69) is 10.3 Å². The van der Waals surface area contributed by atoms with Crippen LogP contribution < -0.4 is 5.32 Å². The first-order chi connectivity index (χ1) is 13.6. The lowest BCUT2D eigenvalue weighted by Gasteiger charge is -2.19. The van der Waals surface area contributed by atoms with Crippen LogP contribution in [0.2, 0.25) is 0 Å². The molecule has 2 aromatic rings. The molecular weight excluding hydrogens is 374 g/mol. The minimum Gasteiger partial charge on any atom is -0.353 e. The van der Waals surface area contributed by atoms with E-state index in [9.17, 15) is 13.2 Å². The number of piperidine rings is 1. The molecule has 146 valence electrons. The van der Waals surface area contributed by atoms with Crippen LogP contribution in [0.1, 0.15) is 12.0 Å². The molecule has 1 aliphatic heterocycles. The van der Waals surface area contributed by atoms with E-state index in [1.165, 1.54) is 6.08 Å². The van der Waals surface area contributed by atoms with E-state index < -0.39 is 10.0 Å². The average molecular weight is 398 g/mol. The molecule has 28 heavy (non-hydrogen) atoms. The van der Waals surface area contributed by atoms with Crippen molar-refractivity contribution in [3.63, 3.8) is 0 Å². The zero-order valence-electron chi connectivity index (χ0n) is 15.4. The maximum absolute atomic E-state index is 12.7. The lowest BCUT2D eigenvalue weighted by atomic mass is 10.2. The molecule has 1 saturated carbocycles. The second kappa shape index (κ2) is 7.85. The normalized spacial score (nSPS) is 24.2. The van der Waals surface area contributed by atoms with Gasteiger partial charge >= 0.3 is 0 Å². The standard InChI is InChI=1S/C21H23N3O3S/c25-21(9-8-16-5-4-11-22-13-16)23-12-10-18-19-14-24(15-20(18)19)28(26,27)17-6-2-1-3-7-17/h1-9,11,13,18-20H,10,12,14-15H2,(H,23,25)/b9-8+/t18?,19-,20+. The summed E-state index contributed by atoms with van der Waals surface area (Å²) in [6.07, 6.45) is 7.53. The van der Waals surface area contributed by atoms with Crippen molar-refractivity contribution in [3.8, 4) is 0 Å². The van der Waals surface area contributed by atoms with Crippen LogP contribution in [0.25, 0.3) is 6.08 Å². The van der Waals surface area contributed by atoms with Crippen molar-refractivity contribution in [2.75, 3.05) is 19.6 Å². The summed E-state index contributed by atoms with van der Waals surface area (Å²) in [5.74, 6) is 1.22. The van der Waals surface area contributed by atoms with Gasteiger partial charge in [0.05, 0.1) is 4.90 Å². The van der Waals surface area contributed by atoms with Crippen LogP contribution in [-0.2, 0) is 14.8 Å². The van der Waals surface area contributed by atoms with Crippen LogP contribution in [-0.4, -0.2) is 43.2 Å². The lowest BCUT2D eigenvalue weighted by Crippen LogP contribution is -2.32. The van der Waals surface area contributed by atoms with Crippen molar-refractivity contribution in [1.29, 1.82) is 0 Å². The van der Waals surface area contributed by atoms with Crippen molar-refractivity contribution in [1.82, 2.24) is 14.6 Å². The summed E-state index contributed by atoms with van der Waals surface area (Å²) in [6.45, 7) is 1.78. The number of rotatable bonds is 7. The van der Waals surface area contributed by atoms with Gasteiger partial charge in [-0.2, -0.15) is 4.31 Å². The quantitative estimate of drug-likeness (QED) is 0.726. The Labute approximate surface area is 165 Å². The Kier molecular flexibility index (Phi) is 5.28. The molecule has 0 radical (unpaired) electrons. The Hall–Kier alpha value is -2.51. The number of nitrogens with one attached hydrogen (secondary N) is 1. The third-order valence-electron chi connectivity index (χ3n) is 5.61. The molecule has 1 amide bonds. The number of fused-ring (bicyclic) bond motifs is 1. The van der Waals surface area contributed by atoms with E-state index in [4.69, 9.17) is 0 Å². The zero-order chi connectivity index (χ0) is 19.6. The summed E-state index contributed by atoms with van der Waals surface area (Å²) < 4.78 is 26.9. The number of nitrogens with zero attached hydrogens (tertiary/aromatic N) is 2. The number of sulfonamides is 1. The van der Waals surface area contributed by atoms with Gasteiger partial charge in [0, 0.05) is 38.1 Å². The molecule has 1 aromatic carbocycles. The topological polar surface area (TPSA) is 79.4 Å². The van der Waals surface area contributed by atoms with E-state index in [-0.39, 0.29) is 5.91 Å². The van der Waals surface area contributed by atoms with Gasteiger partial charge in [-0.05, 0) is 54.0 Å². The van der Waals surface area contributed by atoms with Crippen LogP contribution in [0.15, 0.2) is 65.8 Å². The number of amides is 1. The number of carbonyl (C=O) groups excluding carboxylic acids is 1. The number of pyridine rings is 1. The molecule has 0 spiro atoms. The Bertz CT molecular complexity index is 949. The number of hydrogen-bond acceptors (Lipinski definition) is 4. The molecular formula is C21H23N3O3S. The van der Waals surface area contributed by atoms with Crippen molar-refractivity contribution < 1.29 is 13.2 Å². The Morgan fingerprint density at radius 3 is 2.57 bits per heavy atom. The second-order valence-corrected chi connectivity index (χ2v) is 9.26. The average Bonchev–Trinajstić information content (AvgIpc) is 3.16. The predicted molar refractivity (Wildman–Crippen MR) is 107 cm³/mol. The van der Waals surface area contributed by atoms with Gasteiger partial charge in [0.15, 0.2) is 0 Å². The Balaban J connectivity index is 1.21. The summed E-state index contributed by atoms with van der Waals surface area (Å²) in [7, 11) is -3.38. The zero-order valence-corrected chi connectivity index (χ0v) is 16.3. The van der Waals surface area contributed by atoms with Gasteiger partial charge < -0.3 is 5.32 Å². The number of benzene rings is 1. The molecule has 2 heterocycles. The molecule has 1 N–H and O–H groups in total. The fraction of sp³-hybridized carbons (Fsp3) is 0.333. The van der Waals surface area contributed by atoms with E-state index in [1.807, 2.05) is 18.2 Å². The van der Waals surface area contributed by atoms with E-state index >= 15 is 0 Å². The molecule has 7 heteroatoms. The van der Waals surface area contributed by atoms with Crippen molar-refractivity contribution >= 4 is 22.0 Å². The number of carbonyl (C=O) groups is 1. The highest BCUT2D eigenvalue weighted by molar-refractivity contribution is 7.89. The van der Waals surface area contributed by atoms with Crippen molar-refractivity contribution in [2.24, 2.45) is 17.8 Å². The maximum atomic E-state index is 12.7. The van der Waals surface area contributed by atoms with E-state index in [0.29, 0.717) is 42.3 Å². The van der Waals surface area contributed by atoms with Crippen molar-refractivity contribution in [3.05, 3.63) is 66.5 Å². The third-order valence-corrected chi connectivity index (χ3v) is 7.45. The molecule has 1 aromatic heterocycles. The maximum Gasteiger partial charge on any atom is 0.244 e. The van der Waals surface area contributed by atoms with Gasteiger partial charge in [-0.3, -0.25) is 9.78 Å². The lowest BCUT2D eigenvalue weighted by molar-refractivity contribution is -0.116. The second-order valence-electron chi connectivity index (χ2n) is 7.33. The number of hydrogen-bond donors (Lipinski definition) is 1. The summed E-state index contributed by atoms with van der Waals surface area (Å²) >= 11 is 0. The largest absolute Gasteiger partial charge is 0.353 e. The first-order valence-corrected chi connectivity index (χ1v) is 10.9. The predicted octanol–water partition coefficient (Wildman–Crippen LogP) is 2.17. The van der Waals surface area contributed by atoms with Crippen molar-refractivity contribution in [2.45, 2.75) is 11.3 Å². The molecule has 4 rings (SSSR count). The summed E-state index contributed by atoms with van der Waals surface area (Å²) in [4.78, 5) is 16.3. The molecule has 3 atom stereocenters. The molecule has 1 saturated heterocycles. The van der Waals surface area contributed by atoms with Crippen LogP contribution in [0.4, 0.5) is 0 Å². The molecule has 6 nitrogen and oxygen atoms in total. The van der Waals surface area contributed by atoms with Gasteiger partial charge in [-0.25, -0.2) is 8.42 Å². The third kappa shape index (κ3) is 4.00. The van der Waals surface area contributed by atoms with E-state index in [0.717, 1.165) is 12.0 Å². The number of aromatic nitrogens is 1. The minimum absolute atomic E-state index is 0.122. The minimum atomic E-state index is -3.38. The molecule has 0 bridgehead atoms. The Morgan fingerprint density at radius 1 is 1.14 bits per heavy atom. The van der Waals surface area contributed by atoms with Gasteiger partial charge in [0.2, 0.25) is 15.9 Å². The summed E-state index contributed by atoms with van der Waals surface area (Å²) in [5, 5.41) is 2.90. The monoisotopic (exact) mass is 397 g/mol. The summed E-state index contributed by atoms with van der Waals surface area (Å²) in [6, 6.07) is 12.3. The smallest absolute Gasteiger partial charge is 0.244 e. The summed E-state index contributed by atoms with van der Waals surface area (Å²) in [5.41, 5.74) is 0.883. The van der Waals surface area contributed by atoms with Crippen LogP contribution in [0.5, 0.6) is 0 Å². The van der Waals surface area contributed by atoms with Crippen LogP contribution in [0, 0.1) is 17.8 Å². The highest BCUT2D eigenvalue weighted by Crippen LogP contribution is 2.54. The van der Waals surface area contributed by atoms with Gasteiger partial charge in [-0.15, -0.1) is 0 Å². The first-order valence-electron chi connectivity index (χ1n) is 9.47. The Morgan fingerprint density at radius 2 is 1.89 bits per heavy atom. The van der Waals surface area contributed by atoms with Crippen LogP contribution >= 0.6 is 0 Å². The van der Waals surface area contributed by atoms with Gasteiger partial charge in [0.25, 0.3) is 0 Å². The molecule has 2 fully saturated rings. The SMILES string of the molecule is O=C(/C=C/c1cccnc1)NCCC1[C@H]2CN(S(=O)(=O)c3ccccc3)C[C@@H]12. The molecule has 1 aliphatic carbocycles. The fourth-order valence-electron chi connectivity index (χ4n) is 4.04. The molecule has 1 unspecified atom stereocenters. The van der Waals surface area contributed by atoms with Gasteiger partial charge in [0.1, 0.15) is 0 Å². The highest BCUT2D eigenvalue weighted by atomic mass is 32.2.